The van der Waals surface area contributed by atoms with Crippen LogP contribution >= 0.6 is 0 Å². The van der Waals surface area contributed by atoms with Crippen molar-refractivity contribution >= 4 is 8.56 Å². The Morgan fingerprint density at radius 1 is 1.25 bits per heavy atom. The van der Waals surface area contributed by atoms with Crippen LogP contribution in [0.4, 0.5) is 0 Å². The largest absolute Gasteiger partial charge is 0.398 e. The van der Waals surface area contributed by atoms with Crippen molar-refractivity contribution in [3.63, 3.8) is 0 Å². The summed E-state index contributed by atoms with van der Waals surface area (Å²) in [5, 5.41) is 9.68. The molecule has 0 aromatic rings. The number of aliphatic hydroxyl groups excluding tert-OH is 1. The van der Waals surface area contributed by atoms with Gasteiger partial charge in [-0.05, 0) is 50.1 Å². The lowest BCUT2D eigenvalue weighted by molar-refractivity contribution is 0.0558. The van der Waals surface area contributed by atoms with E-state index in [9.17, 15) is 5.11 Å². The Morgan fingerprint density at radius 3 is 2.38 bits per heavy atom. The Bertz CT molecular complexity index is 206. The van der Waals surface area contributed by atoms with Gasteiger partial charge in [0.15, 0.2) is 0 Å². The average molecular weight is 246 g/mol. The van der Waals surface area contributed by atoms with Crippen molar-refractivity contribution in [3.05, 3.63) is 0 Å². The Labute approximate surface area is 100 Å². The van der Waals surface area contributed by atoms with Crippen molar-refractivity contribution in [2.24, 2.45) is 11.8 Å². The van der Waals surface area contributed by atoms with Crippen LogP contribution in [0.2, 0.25) is 12.6 Å². The van der Waals surface area contributed by atoms with Gasteiger partial charge in [-0.25, -0.2) is 0 Å². The number of hydrogen-bond donors (Lipinski definition) is 1. The minimum atomic E-state index is -1.88. The third kappa shape index (κ3) is 3.84. The normalized spacial score (nSPS) is 31.7. The van der Waals surface area contributed by atoms with E-state index >= 15 is 0 Å². The monoisotopic (exact) mass is 246 g/mol. The van der Waals surface area contributed by atoms with Crippen LogP contribution in [-0.4, -0.2) is 34.0 Å². The van der Waals surface area contributed by atoms with Crippen LogP contribution in [-0.2, 0) is 8.85 Å². The zero-order chi connectivity index (χ0) is 12.2. The Hall–Kier alpha value is 0.0969. The molecule has 0 heterocycles. The van der Waals surface area contributed by atoms with Gasteiger partial charge in [-0.2, -0.15) is 0 Å². The molecule has 0 aromatic carbocycles. The van der Waals surface area contributed by atoms with Crippen LogP contribution in [0.15, 0.2) is 0 Å². The molecule has 1 fully saturated rings. The predicted octanol–water partition coefficient (Wildman–Crippen LogP) is 2.54. The predicted molar refractivity (Wildman–Crippen MR) is 67.6 cm³/mol. The van der Waals surface area contributed by atoms with E-state index in [4.69, 9.17) is 8.85 Å². The topological polar surface area (TPSA) is 38.7 Å². The number of rotatable bonds is 5. The van der Waals surface area contributed by atoms with Crippen LogP contribution in [0.5, 0.6) is 0 Å². The van der Waals surface area contributed by atoms with Gasteiger partial charge in [-0.3, -0.25) is 0 Å². The molecule has 1 rings (SSSR count). The third-order valence-corrected chi connectivity index (χ3v) is 7.03. The summed E-state index contributed by atoms with van der Waals surface area (Å²) < 4.78 is 11.0. The van der Waals surface area contributed by atoms with E-state index in [1.54, 1.807) is 14.2 Å². The number of hydrogen-bond acceptors (Lipinski definition) is 3. The molecule has 0 amide bonds. The first-order chi connectivity index (χ1) is 7.50. The highest BCUT2D eigenvalue weighted by Gasteiger charge is 2.32. The molecule has 96 valence electrons. The summed E-state index contributed by atoms with van der Waals surface area (Å²) in [4.78, 5) is 0. The van der Waals surface area contributed by atoms with Crippen LogP contribution < -0.4 is 0 Å². The molecule has 0 aliphatic heterocycles. The highest BCUT2D eigenvalue weighted by molar-refractivity contribution is 6.65. The maximum absolute atomic E-state index is 9.68. The van der Waals surface area contributed by atoms with Gasteiger partial charge in [-0.15, -0.1) is 0 Å². The van der Waals surface area contributed by atoms with E-state index in [0.29, 0.717) is 5.92 Å². The van der Waals surface area contributed by atoms with E-state index in [1.807, 2.05) is 0 Å². The average Bonchev–Trinajstić information content (AvgIpc) is 2.30. The van der Waals surface area contributed by atoms with Gasteiger partial charge < -0.3 is 14.0 Å². The lowest BCUT2D eigenvalue weighted by Gasteiger charge is -2.32. The molecule has 0 spiro atoms. The third-order valence-electron chi connectivity index (χ3n) is 4.10. The summed E-state index contributed by atoms with van der Waals surface area (Å²) in [5.41, 5.74) is 0. The van der Waals surface area contributed by atoms with Gasteiger partial charge in [0.05, 0.1) is 6.10 Å². The fourth-order valence-electron chi connectivity index (χ4n) is 2.51. The smallest absolute Gasteiger partial charge is 0.334 e. The van der Waals surface area contributed by atoms with E-state index in [0.717, 1.165) is 31.2 Å². The van der Waals surface area contributed by atoms with Crippen molar-refractivity contribution in [2.45, 2.75) is 51.3 Å². The van der Waals surface area contributed by atoms with Crippen molar-refractivity contribution in [3.8, 4) is 0 Å². The van der Waals surface area contributed by atoms with Crippen LogP contribution in [0.3, 0.4) is 0 Å². The molecule has 1 aliphatic rings. The van der Waals surface area contributed by atoms with Crippen LogP contribution in [0.1, 0.15) is 32.6 Å². The van der Waals surface area contributed by atoms with Gasteiger partial charge in [-0.1, -0.05) is 6.92 Å². The maximum atomic E-state index is 9.68. The molecule has 1 N–H and O–H groups in total. The summed E-state index contributed by atoms with van der Waals surface area (Å²) >= 11 is 0. The quantitative estimate of drug-likeness (QED) is 0.758. The summed E-state index contributed by atoms with van der Waals surface area (Å²) in [5.74, 6) is 1.20. The first-order valence-corrected chi connectivity index (χ1v) is 8.81. The Morgan fingerprint density at radius 2 is 1.88 bits per heavy atom. The standard InChI is InChI=1S/C12H26O3Si/c1-10-9-11(5-6-12(10)13)7-8-16(4,14-2)15-3/h10-13H,5-9H2,1-4H3. The summed E-state index contributed by atoms with van der Waals surface area (Å²) in [6.07, 6.45) is 4.37. The minimum Gasteiger partial charge on any atom is -0.398 e. The highest BCUT2D eigenvalue weighted by atomic mass is 28.4. The van der Waals surface area contributed by atoms with E-state index < -0.39 is 8.56 Å². The first-order valence-electron chi connectivity index (χ1n) is 6.29. The van der Waals surface area contributed by atoms with Gasteiger partial charge in [0.2, 0.25) is 0 Å². The second-order valence-corrected chi connectivity index (χ2v) is 8.89. The molecule has 4 heteroatoms. The van der Waals surface area contributed by atoms with Gasteiger partial charge in [0, 0.05) is 14.2 Å². The molecule has 0 aromatic heterocycles. The van der Waals surface area contributed by atoms with E-state index in [2.05, 4.69) is 13.5 Å². The molecule has 16 heavy (non-hydrogen) atoms. The first kappa shape index (κ1) is 14.2. The van der Waals surface area contributed by atoms with Crippen molar-refractivity contribution in [1.82, 2.24) is 0 Å². The van der Waals surface area contributed by atoms with Gasteiger partial charge in [0.1, 0.15) is 0 Å². The van der Waals surface area contributed by atoms with E-state index in [1.165, 1.54) is 6.42 Å². The SMILES string of the molecule is CO[Si](C)(CCC1CCC(O)C(C)C1)OC. The zero-order valence-corrected chi connectivity index (χ0v) is 12.0. The van der Waals surface area contributed by atoms with Gasteiger partial charge >= 0.3 is 8.56 Å². The molecular formula is C12H26O3Si. The Balaban J connectivity index is 2.33. The van der Waals surface area contributed by atoms with Crippen molar-refractivity contribution in [1.29, 1.82) is 0 Å². The highest BCUT2D eigenvalue weighted by Crippen LogP contribution is 2.33. The fourth-order valence-corrected chi connectivity index (χ4v) is 4.02. The molecule has 1 aliphatic carbocycles. The second-order valence-electron chi connectivity index (χ2n) is 5.30. The lowest BCUT2D eigenvalue weighted by Crippen LogP contribution is -2.37. The molecule has 3 atom stereocenters. The van der Waals surface area contributed by atoms with Gasteiger partial charge in [0.25, 0.3) is 0 Å². The molecule has 1 saturated carbocycles. The molecule has 0 bridgehead atoms. The minimum absolute atomic E-state index is 0.0790. The summed E-state index contributed by atoms with van der Waals surface area (Å²) in [6.45, 7) is 4.27. The molecular weight excluding hydrogens is 220 g/mol. The zero-order valence-electron chi connectivity index (χ0n) is 11.0. The van der Waals surface area contributed by atoms with Crippen molar-refractivity contribution in [2.75, 3.05) is 14.2 Å². The summed E-state index contributed by atoms with van der Waals surface area (Å²) in [7, 11) is 1.62. The second kappa shape index (κ2) is 6.14. The van der Waals surface area contributed by atoms with Crippen molar-refractivity contribution < 1.29 is 14.0 Å². The summed E-state index contributed by atoms with van der Waals surface area (Å²) in [6, 6.07) is 1.06. The molecule has 3 unspecified atom stereocenters. The molecule has 0 saturated heterocycles. The van der Waals surface area contributed by atoms with Crippen LogP contribution in [0.25, 0.3) is 0 Å². The molecule has 3 nitrogen and oxygen atoms in total. The Kier molecular flexibility index (Phi) is 5.44. The van der Waals surface area contributed by atoms with Crippen LogP contribution in [0, 0.1) is 11.8 Å². The fraction of sp³-hybridized carbons (Fsp3) is 1.00. The molecule has 0 radical (unpaired) electrons. The number of aliphatic hydroxyl groups is 1. The van der Waals surface area contributed by atoms with E-state index in [-0.39, 0.29) is 6.10 Å². The lowest BCUT2D eigenvalue weighted by atomic mass is 9.79. The maximum Gasteiger partial charge on any atom is 0.334 e.